The quantitative estimate of drug-likeness (QED) is 0.431. The van der Waals surface area contributed by atoms with Gasteiger partial charge in [0.25, 0.3) is 7.28 Å². The molecule has 6 heavy (non-hydrogen) atoms. The minimum absolute atomic E-state index is 0.412. The first-order valence-corrected chi connectivity index (χ1v) is 2.00. The lowest BCUT2D eigenvalue weighted by Crippen LogP contribution is -1.88. The molecule has 1 radical (unpaired) electrons. The molecule has 2 heteroatoms. The molecule has 0 amide bonds. The summed E-state index contributed by atoms with van der Waals surface area (Å²) in [4.78, 5) is 0. The third-order valence-electron chi connectivity index (χ3n) is 0.408. The predicted octanol–water partition coefficient (Wildman–Crippen LogP) is 1.000. The highest BCUT2D eigenvalue weighted by molar-refractivity contribution is 6.46. The maximum absolute atomic E-state index is 7.93. The van der Waals surface area contributed by atoms with Crippen LogP contribution in [0.1, 0.15) is 13.8 Å². The van der Waals surface area contributed by atoms with Crippen LogP contribution >= 0.6 is 0 Å². The molecular weight excluding hydrogens is 72.9 g/mol. The van der Waals surface area contributed by atoms with Crippen molar-refractivity contribution in [2.24, 2.45) is 0 Å². The maximum atomic E-state index is 7.93. The molecule has 0 spiro atoms. The maximum Gasteiger partial charge on any atom is 0.257 e. The van der Waals surface area contributed by atoms with Gasteiger partial charge in [-0.2, -0.15) is 0 Å². The lowest BCUT2D eigenvalue weighted by molar-refractivity contribution is 1.07. The first-order chi connectivity index (χ1) is 2.77. The Morgan fingerprint density at radius 3 is 2.17 bits per heavy atom. The lowest BCUT2D eigenvalue weighted by atomic mass is 9.69. The minimum atomic E-state index is 0.412. The van der Waals surface area contributed by atoms with Crippen molar-refractivity contribution in [1.29, 1.82) is 5.26 Å². The Morgan fingerprint density at radius 2 is 2.17 bits per heavy atom. The second kappa shape index (κ2) is 2.77. The first-order valence-electron chi connectivity index (χ1n) is 2.00. The van der Waals surface area contributed by atoms with E-state index < -0.39 is 0 Å². The topological polar surface area (TPSA) is 23.8 Å². The zero-order chi connectivity index (χ0) is 4.99. The fourth-order valence-corrected chi connectivity index (χ4v) is 0.149. The van der Waals surface area contributed by atoms with E-state index in [4.69, 9.17) is 5.26 Å². The van der Waals surface area contributed by atoms with E-state index in [0.717, 1.165) is 0 Å². The number of hydrogen-bond donors (Lipinski definition) is 0. The average molecular weight is 79.9 g/mol. The Kier molecular flexibility index (Phi) is 2.57. The molecule has 0 heterocycles. The van der Waals surface area contributed by atoms with Crippen molar-refractivity contribution >= 4 is 7.28 Å². The van der Waals surface area contributed by atoms with Gasteiger partial charge in [-0.3, -0.25) is 0 Å². The van der Waals surface area contributed by atoms with Crippen molar-refractivity contribution < 1.29 is 0 Å². The van der Waals surface area contributed by atoms with Gasteiger partial charge in [0.15, 0.2) is 0 Å². The number of nitrogens with zero attached hydrogens (tertiary/aromatic N) is 1. The summed E-state index contributed by atoms with van der Waals surface area (Å²) in [5.41, 5.74) is 0. The molecule has 31 valence electrons. The Balaban J connectivity index is 2.88. The van der Waals surface area contributed by atoms with E-state index >= 15 is 0 Å². The van der Waals surface area contributed by atoms with Gasteiger partial charge in [0.2, 0.25) is 0 Å². The fraction of sp³-hybridized carbons (Fsp3) is 0.750. The van der Waals surface area contributed by atoms with Gasteiger partial charge in [-0.1, -0.05) is 19.7 Å². The van der Waals surface area contributed by atoms with Crippen molar-refractivity contribution in [2.45, 2.75) is 19.7 Å². The highest BCUT2D eigenvalue weighted by Crippen LogP contribution is 1.92. The highest BCUT2D eigenvalue weighted by atomic mass is 14.2. The van der Waals surface area contributed by atoms with Crippen molar-refractivity contribution in [1.82, 2.24) is 0 Å². The van der Waals surface area contributed by atoms with Gasteiger partial charge in [0.1, 0.15) is 0 Å². The second-order valence-corrected chi connectivity index (χ2v) is 1.54. The van der Waals surface area contributed by atoms with Crippen LogP contribution in [0.15, 0.2) is 0 Å². The fourth-order valence-electron chi connectivity index (χ4n) is 0.149. The van der Waals surface area contributed by atoms with Gasteiger partial charge in [-0.15, -0.1) is 0 Å². The molecule has 0 aromatic carbocycles. The molecule has 0 aliphatic carbocycles. The molecule has 0 rings (SSSR count). The smallest absolute Gasteiger partial charge is 0.213 e. The summed E-state index contributed by atoms with van der Waals surface area (Å²) >= 11 is 0. The highest BCUT2D eigenvalue weighted by Gasteiger charge is 1.90. The molecule has 0 aliphatic heterocycles. The Labute approximate surface area is 39.2 Å². The Bertz CT molecular complexity index is 62.4. The van der Waals surface area contributed by atoms with Crippen LogP contribution in [-0.2, 0) is 0 Å². The summed E-state index contributed by atoms with van der Waals surface area (Å²) in [6.45, 7) is 3.95. The van der Waals surface area contributed by atoms with Gasteiger partial charge >= 0.3 is 0 Å². The largest absolute Gasteiger partial charge is 0.257 e. The summed E-state index contributed by atoms with van der Waals surface area (Å²) in [7, 11) is 1.60. The SMILES string of the molecule is CC(C)[B]C#N. The van der Waals surface area contributed by atoms with Gasteiger partial charge in [0.05, 0.1) is 0 Å². The molecule has 0 unspecified atom stereocenters. The van der Waals surface area contributed by atoms with E-state index in [-0.39, 0.29) is 0 Å². The molecule has 0 aromatic heterocycles. The van der Waals surface area contributed by atoms with Gasteiger partial charge < -0.3 is 0 Å². The summed E-state index contributed by atoms with van der Waals surface area (Å²) in [5, 5.41) is 7.93. The number of rotatable bonds is 1. The summed E-state index contributed by atoms with van der Waals surface area (Å²) in [5.74, 6) is 2.35. The molecule has 0 aromatic rings. The zero-order valence-electron chi connectivity index (χ0n) is 4.10. The van der Waals surface area contributed by atoms with Crippen LogP contribution in [0.2, 0.25) is 5.82 Å². The predicted molar refractivity (Wildman–Crippen MR) is 26.5 cm³/mol. The van der Waals surface area contributed by atoms with E-state index in [1.54, 1.807) is 7.28 Å². The summed E-state index contributed by atoms with van der Waals surface area (Å²) in [6.07, 6.45) is 0. The molecule has 0 saturated heterocycles. The monoisotopic (exact) mass is 80.1 g/mol. The Morgan fingerprint density at radius 1 is 1.67 bits per heavy atom. The minimum Gasteiger partial charge on any atom is -0.213 e. The van der Waals surface area contributed by atoms with Crippen LogP contribution in [0.5, 0.6) is 0 Å². The van der Waals surface area contributed by atoms with E-state index in [1.165, 1.54) is 0 Å². The van der Waals surface area contributed by atoms with Gasteiger partial charge in [0, 0.05) is 0 Å². The van der Waals surface area contributed by atoms with Crippen molar-refractivity contribution in [3.63, 3.8) is 0 Å². The molecule has 0 fully saturated rings. The number of nitriles is 1. The molecule has 0 N–H and O–H groups in total. The molecule has 0 saturated carbocycles. The van der Waals surface area contributed by atoms with Crippen molar-refractivity contribution in [2.75, 3.05) is 0 Å². The third kappa shape index (κ3) is 3.55. The van der Waals surface area contributed by atoms with Crippen LogP contribution in [0, 0.1) is 11.2 Å². The van der Waals surface area contributed by atoms with Gasteiger partial charge in [-0.05, 0) is 5.97 Å². The van der Waals surface area contributed by atoms with E-state index in [2.05, 4.69) is 0 Å². The normalized spacial score (nSPS) is 7.67. The van der Waals surface area contributed by atoms with Crippen LogP contribution < -0.4 is 0 Å². The molecular formula is C4H7BN. The first kappa shape index (κ1) is 5.55. The van der Waals surface area contributed by atoms with Crippen LogP contribution in [0.25, 0.3) is 0 Å². The lowest BCUT2D eigenvalue weighted by Gasteiger charge is -1.85. The second-order valence-electron chi connectivity index (χ2n) is 1.54. The third-order valence-corrected chi connectivity index (χ3v) is 0.408. The van der Waals surface area contributed by atoms with Gasteiger partial charge in [-0.25, -0.2) is 5.26 Å². The van der Waals surface area contributed by atoms with E-state index in [9.17, 15) is 0 Å². The van der Waals surface area contributed by atoms with E-state index in [0.29, 0.717) is 5.82 Å². The number of hydrogen-bond acceptors (Lipinski definition) is 1. The standard InChI is InChI=1S/C4H7BN/c1-4(2)5-3-6/h4H,1-2H3. The zero-order valence-corrected chi connectivity index (χ0v) is 4.10. The molecule has 0 aliphatic rings. The Hall–Kier alpha value is -0.445. The van der Waals surface area contributed by atoms with E-state index in [1.807, 2.05) is 19.8 Å². The average Bonchev–Trinajstić information content (AvgIpc) is 1.35. The van der Waals surface area contributed by atoms with Crippen molar-refractivity contribution in [3.05, 3.63) is 0 Å². The molecule has 0 bridgehead atoms. The summed E-state index contributed by atoms with van der Waals surface area (Å²) < 4.78 is 0. The van der Waals surface area contributed by atoms with Crippen molar-refractivity contribution in [3.8, 4) is 5.97 Å². The molecule has 1 nitrogen and oxygen atoms in total. The van der Waals surface area contributed by atoms with Crippen LogP contribution in [0.4, 0.5) is 0 Å². The van der Waals surface area contributed by atoms with Crippen LogP contribution in [-0.4, -0.2) is 7.28 Å². The molecule has 0 atom stereocenters. The van der Waals surface area contributed by atoms with Crippen LogP contribution in [0.3, 0.4) is 0 Å². The summed E-state index contributed by atoms with van der Waals surface area (Å²) in [6, 6.07) is 0.